The molecule has 1 rings (SSSR count). The minimum atomic E-state index is -0.575. The molecule has 0 saturated carbocycles. The van der Waals surface area contributed by atoms with Gasteiger partial charge in [0, 0.05) is 12.5 Å². The number of carbonyl (C=O) groups excluding carboxylic acids is 1. The lowest BCUT2D eigenvalue weighted by atomic mass is 10.1. The van der Waals surface area contributed by atoms with Gasteiger partial charge in [-0.3, -0.25) is 4.79 Å². The molecule has 1 amide bonds. The van der Waals surface area contributed by atoms with Crippen molar-refractivity contribution in [1.29, 1.82) is 0 Å². The molecule has 0 radical (unpaired) electrons. The van der Waals surface area contributed by atoms with Gasteiger partial charge in [-0.05, 0) is 18.6 Å². The van der Waals surface area contributed by atoms with E-state index >= 15 is 0 Å². The van der Waals surface area contributed by atoms with Crippen LogP contribution in [0.4, 0.5) is 4.39 Å². The molecule has 0 aliphatic heterocycles. The van der Waals surface area contributed by atoms with Crippen molar-refractivity contribution in [3.63, 3.8) is 0 Å². The molecule has 0 saturated heterocycles. The van der Waals surface area contributed by atoms with Crippen molar-refractivity contribution >= 4 is 11.7 Å². The number of oxime groups is 1. The van der Waals surface area contributed by atoms with Crippen LogP contribution in [-0.4, -0.2) is 23.0 Å². The van der Waals surface area contributed by atoms with E-state index in [-0.39, 0.29) is 23.9 Å². The SMILES string of the molecule is CCC(CC(N)=NO)NC(=O)c1ccccc1F. The van der Waals surface area contributed by atoms with Crippen LogP contribution in [0.15, 0.2) is 29.4 Å². The zero-order valence-electron chi connectivity index (χ0n) is 10.1. The number of amidine groups is 1. The Kier molecular flexibility index (Phi) is 5.10. The van der Waals surface area contributed by atoms with Crippen molar-refractivity contribution in [1.82, 2.24) is 5.32 Å². The Morgan fingerprint density at radius 1 is 1.56 bits per heavy atom. The molecule has 18 heavy (non-hydrogen) atoms. The molecule has 1 atom stereocenters. The van der Waals surface area contributed by atoms with Gasteiger partial charge in [-0.2, -0.15) is 0 Å². The maximum Gasteiger partial charge on any atom is 0.254 e. The summed E-state index contributed by atoms with van der Waals surface area (Å²) in [4.78, 5) is 11.8. The third kappa shape index (κ3) is 3.73. The normalized spacial score (nSPS) is 13.1. The standard InChI is InChI=1S/C12H16FN3O2/c1-2-8(7-11(14)16-18)15-12(17)9-5-3-4-6-10(9)13/h3-6,8,18H,2,7H2,1H3,(H2,14,16)(H,15,17). The van der Waals surface area contributed by atoms with Crippen LogP contribution in [-0.2, 0) is 0 Å². The summed E-state index contributed by atoms with van der Waals surface area (Å²) in [5, 5.41) is 13.9. The molecule has 0 aromatic heterocycles. The molecule has 1 unspecified atom stereocenters. The molecule has 1 aromatic carbocycles. The summed E-state index contributed by atoms with van der Waals surface area (Å²) in [5.74, 6) is -1.06. The van der Waals surface area contributed by atoms with Gasteiger partial charge in [0.1, 0.15) is 11.7 Å². The predicted molar refractivity (Wildman–Crippen MR) is 66.0 cm³/mol. The van der Waals surface area contributed by atoms with Crippen LogP contribution in [0.3, 0.4) is 0 Å². The zero-order valence-corrected chi connectivity index (χ0v) is 10.1. The first-order valence-corrected chi connectivity index (χ1v) is 5.60. The zero-order chi connectivity index (χ0) is 13.5. The van der Waals surface area contributed by atoms with Crippen molar-refractivity contribution in [2.24, 2.45) is 10.9 Å². The maximum absolute atomic E-state index is 13.4. The van der Waals surface area contributed by atoms with Gasteiger partial charge in [0.05, 0.1) is 5.56 Å². The molecule has 5 nitrogen and oxygen atoms in total. The second-order valence-electron chi connectivity index (χ2n) is 3.85. The number of halogens is 1. The van der Waals surface area contributed by atoms with Crippen LogP contribution < -0.4 is 11.1 Å². The molecule has 0 aliphatic carbocycles. The van der Waals surface area contributed by atoms with E-state index in [0.717, 1.165) is 0 Å². The van der Waals surface area contributed by atoms with Crippen LogP contribution in [0.1, 0.15) is 30.1 Å². The highest BCUT2D eigenvalue weighted by Gasteiger charge is 2.16. The van der Waals surface area contributed by atoms with Gasteiger partial charge < -0.3 is 16.3 Å². The van der Waals surface area contributed by atoms with Gasteiger partial charge >= 0.3 is 0 Å². The predicted octanol–water partition coefficient (Wildman–Crippen LogP) is 1.47. The minimum absolute atomic E-state index is 0.0181. The van der Waals surface area contributed by atoms with E-state index in [1.807, 2.05) is 6.92 Å². The van der Waals surface area contributed by atoms with Gasteiger partial charge in [-0.15, -0.1) is 0 Å². The third-order valence-electron chi connectivity index (χ3n) is 2.53. The largest absolute Gasteiger partial charge is 0.409 e. The number of hydrogen-bond donors (Lipinski definition) is 3. The number of carbonyl (C=O) groups is 1. The fourth-order valence-corrected chi connectivity index (χ4v) is 1.50. The molecule has 0 heterocycles. The molecule has 0 fully saturated rings. The van der Waals surface area contributed by atoms with Crippen LogP contribution in [0, 0.1) is 5.82 Å². The highest BCUT2D eigenvalue weighted by molar-refractivity contribution is 5.95. The number of benzene rings is 1. The maximum atomic E-state index is 13.4. The molecule has 0 bridgehead atoms. The number of nitrogens with zero attached hydrogens (tertiary/aromatic N) is 1. The summed E-state index contributed by atoms with van der Waals surface area (Å²) >= 11 is 0. The van der Waals surface area contributed by atoms with Gasteiger partial charge in [0.25, 0.3) is 5.91 Å². The summed E-state index contributed by atoms with van der Waals surface area (Å²) < 4.78 is 13.4. The minimum Gasteiger partial charge on any atom is -0.409 e. The van der Waals surface area contributed by atoms with E-state index in [0.29, 0.717) is 6.42 Å². The molecule has 98 valence electrons. The van der Waals surface area contributed by atoms with Crippen LogP contribution in [0.25, 0.3) is 0 Å². The molecular weight excluding hydrogens is 237 g/mol. The first kappa shape index (κ1) is 14.0. The highest BCUT2D eigenvalue weighted by Crippen LogP contribution is 2.07. The van der Waals surface area contributed by atoms with E-state index in [4.69, 9.17) is 10.9 Å². The monoisotopic (exact) mass is 253 g/mol. The van der Waals surface area contributed by atoms with Crippen LogP contribution >= 0.6 is 0 Å². The van der Waals surface area contributed by atoms with Crippen molar-refractivity contribution in [3.8, 4) is 0 Å². The lowest BCUT2D eigenvalue weighted by Gasteiger charge is -2.16. The molecule has 0 aliphatic rings. The summed E-state index contributed by atoms with van der Waals surface area (Å²) in [7, 11) is 0. The first-order valence-electron chi connectivity index (χ1n) is 5.60. The second kappa shape index (κ2) is 6.58. The number of nitrogens with two attached hydrogens (primary N) is 1. The van der Waals surface area contributed by atoms with Crippen LogP contribution in [0.2, 0.25) is 0 Å². The van der Waals surface area contributed by atoms with Crippen molar-refractivity contribution in [2.75, 3.05) is 0 Å². The van der Waals surface area contributed by atoms with Crippen LogP contribution in [0.5, 0.6) is 0 Å². The molecule has 6 heteroatoms. The van der Waals surface area contributed by atoms with Crippen molar-refractivity contribution in [3.05, 3.63) is 35.6 Å². The van der Waals surface area contributed by atoms with Gasteiger partial charge in [-0.1, -0.05) is 24.2 Å². The topological polar surface area (TPSA) is 87.7 Å². The Hall–Kier alpha value is -2.11. The number of amides is 1. The fraction of sp³-hybridized carbons (Fsp3) is 0.333. The number of hydrogen-bond acceptors (Lipinski definition) is 3. The summed E-state index contributed by atoms with van der Waals surface area (Å²) in [5.41, 5.74) is 5.35. The van der Waals surface area contributed by atoms with E-state index in [1.54, 1.807) is 6.07 Å². The number of nitrogens with one attached hydrogen (secondary N) is 1. The third-order valence-corrected chi connectivity index (χ3v) is 2.53. The average molecular weight is 253 g/mol. The Morgan fingerprint density at radius 2 is 2.22 bits per heavy atom. The van der Waals surface area contributed by atoms with E-state index in [9.17, 15) is 9.18 Å². The summed E-state index contributed by atoms with van der Waals surface area (Å²) in [6.07, 6.45) is 0.809. The quantitative estimate of drug-likeness (QED) is 0.321. The Balaban J connectivity index is 2.71. The summed E-state index contributed by atoms with van der Waals surface area (Å²) in [6.45, 7) is 1.84. The van der Waals surface area contributed by atoms with E-state index < -0.39 is 11.7 Å². The fourth-order valence-electron chi connectivity index (χ4n) is 1.50. The Morgan fingerprint density at radius 3 is 2.78 bits per heavy atom. The smallest absolute Gasteiger partial charge is 0.254 e. The molecule has 0 spiro atoms. The first-order chi connectivity index (χ1) is 8.58. The number of rotatable bonds is 5. The van der Waals surface area contributed by atoms with Gasteiger partial charge in [-0.25, -0.2) is 4.39 Å². The van der Waals surface area contributed by atoms with E-state index in [2.05, 4.69) is 10.5 Å². The molecular formula is C12H16FN3O2. The lowest BCUT2D eigenvalue weighted by Crippen LogP contribution is -2.37. The lowest BCUT2D eigenvalue weighted by molar-refractivity contribution is 0.0933. The average Bonchev–Trinajstić information content (AvgIpc) is 2.38. The van der Waals surface area contributed by atoms with E-state index in [1.165, 1.54) is 18.2 Å². The van der Waals surface area contributed by atoms with Crippen molar-refractivity contribution in [2.45, 2.75) is 25.8 Å². The van der Waals surface area contributed by atoms with Crippen molar-refractivity contribution < 1.29 is 14.4 Å². The Bertz CT molecular complexity index is 449. The summed E-state index contributed by atoms with van der Waals surface area (Å²) in [6, 6.07) is 5.43. The molecule has 4 N–H and O–H groups in total. The Labute approximate surface area is 104 Å². The highest BCUT2D eigenvalue weighted by atomic mass is 19.1. The second-order valence-corrected chi connectivity index (χ2v) is 3.85. The van der Waals surface area contributed by atoms with Gasteiger partial charge in [0.15, 0.2) is 0 Å². The van der Waals surface area contributed by atoms with Gasteiger partial charge in [0.2, 0.25) is 0 Å². The molecule has 1 aromatic rings.